The monoisotopic (exact) mass is 433 g/mol. The first-order valence-electron chi connectivity index (χ1n) is 9.79. The van der Waals surface area contributed by atoms with E-state index in [1.54, 1.807) is 31.4 Å². The maximum absolute atomic E-state index is 10.9. The highest BCUT2D eigenvalue weighted by atomic mass is 16.8. The number of hydrogen-bond acceptors (Lipinski definition) is 8. The smallest absolute Gasteiger partial charge is 0.178 e. The highest BCUT2D eigenvalue weighted by molar-refractivity contribution is 5.86. The van der Waals surface area contributed by atoms with Crippen molar-refractivity contribution < 1.29 is 24.3 Å². The average Bonchev–Trinajstić information content (AvgIpc) is 3.18. The van der Waals surface area contributed by atoms with E-state index in [4.69, 9.17) is 19.2 Å². The molecule has 3 aromatic carbocycles. The number of rotatable bonds is 7. The quantitative estimate of drug-likeness (QED) is 0.378. The van der Waals surface area contributed by atoms with Crippen molar-refractivity contribution in [3.05, 3.63) is 83.2 Å². The lowest BCUT2D eigenvalue weighted by Crippen LogP contribution is -2.06. The van der Waals surface area contributed by atoms with E-state index < -0.39 is 0 Å². The Balaban J connectivity index is 1.58. The van der Waals surface area contributed by atoms with Crippen LogP contribution in [0, 0.1) is 12.1 Å². The third-order valence-electron chi connectivity index (χ3n) is 5.02. The second kappa shape index (κ2) is 9.01. The molecule has 1 aromatic heterocycles. The highest BCUT2D eigenvalue weighted by Gasteiger charge is 2.22. The van der Waals surface area contributed by atoms with Crippen LogP contribution in [0.2, 0.25) is 0 Å². The van der Waals surface area contributed by atoms with Gasteiger partial charge in [-0.15, -0.1) is 0 Å². The molecule has 0 aliphatic heterocycles. The van der Waals surface area contributed by atoms with E-state index >= 15 is 0 Å². The van der Waals surface area contributed by atoms with Crippen molar-refractivity contribution in [3.63, 3.8) is 0 Å². The van der Waals surface area contributed by atoms with Crippen LogP contribution in [0.4, 0.5) is 5.69 Å². The summed E-state index contributed by atoms with van der Waals surface area (Å²) in [4.78, 5) is 0. The molecule has 0 aliphatic rings. The minimum absolute atomic E-state index is 0.0209. The van der Waals surface area contributed by atoms with Crippen LogP contribution in [0.5, 0.6) is 17.2 Å². The number of aromatic nitrogens is 1. The fourth-order valence-electron chi connectivity index (χ4n) is 3.40. The summed E-state index contributed by atoms with van der Waals surface area (Å²) < 4.78 is 16.8. The molecule has 0 bridgehead atoms. The zero-order valence-electron chi connectivity index (χ0n) is 17.5. The van der Waals surface area contributed by atoms with Crippen LogP contribution in [0.3, 0.4) is 0 Å². The Morgan fingerprint density at radius 3 is 2.47 bits per heavy atom. The molecule has 0 spiro atoms. The van der Waals surface area contributed by atoms with Crippen LogP contribution in [-0.4, -0.2) is 22.6 Å². The van der Waals surface area contributed by atoms with Crippen LogP contribution in [0.1, 0.15) is 11.3 Å². The molecule has 0 saturated carbocycles. The highest BCUT2D eigenvalue weighted by Crippen LogP contribution is 2.42. The molecule has 1 heterocycles. The number of phenols is 1. The van der Waals surface area contributed by atoms with E-state index in [1.165, 1.54) is 18.2 Å². The second-order valence-electron chi connectivity index (χ2n) is 7.08. The standard InChI is InChI=1S/C24H21N2O6/c1-15-23(20-5-3-4-6-22(20)30-2)24(32-25-15)19-12-11-18(13-21(19)27)31-14-16-7-9-17(10-8-16)26(28)29/h3-13,27-28H,14H2,1-2H3/q-1. The van der Waals surface area contributed by atoms with Gasteiger partial charge in [-0.2, -0.15) is 0 Å². The van der Waals surface area contributed by atoms with Crippen LogP contribution in [-0.2, 0) is 6.61 Å². The number of phenolic OH excluding ortho intramolecular Hbond substituents is 1. The van der Waals surface area contributed by atoms with Gasteiger partial charge >= 0.3 is 0 Å². The van der Waals surface area contributed by atoms with Crippen LogP contribution in [0.15, 0.2) is 71.3 Å². The lowest BCUT2D eigenvalue weighted by Gasteiger charge is -2.21. The van der Waals surface area contributed by atoms with Gasteiger partial charge in [0.15, 0.2) is 5.76 Å². The van der Waals surface area contributed by atoms with Gasteiger partial charge in [0.05, 0.1) is 29.6 Å². The normalized spacial score (nSPS) is 10.8. The molecule has 32 heavy (non-hydrogen) atoms. The summed E-state index contributed by atoms with van der Waals surface area (Å²) in [5.41, 5.74) is 3.62. The van der Waals surface area contributed by atoms with Gasteiger partial charge in [-0.3, -0.25) is 5.21 Å². The molecule has 4 rings (SSSR count). The van der Waals surface area contributed by atoms with Crippen LogP contribution >= 0.6 is 0 Å². The summed E-state index contributed by atoms with van der Waals surface area (Å²) in [6.45, 7) is 2.05. The van der Waals surface area contributed by atoms with E-state index in [0.29, 0.717) is 28.5 Å². The van der Waals surface area contributed by atoms with Crippen LogP contribution in [0.25, 0.3) is 22.5 Å². The Morgan fingerprint density at radius 2 is 1.78 bits per heavy atom. The predicted molar refractivity (Wildman–Crippen MR) is 119 cm³/mol. The maximum atomic E-state index is 10.9. The van der Waals surface area contributed by atoms with Gasteiger partial charge in [-0.25, -0.2) is 0 Å². The van der Waals surface area contributed by atoms with E-state index in [2.05, 4.69) is 5.16 Å². The summed E-state index contributed by atoms with van der Waals surface area (Å²) >= 11 is 0. The molecule has 0 aliphatic carbocycles. The number of methoxy groups -OCH3 is 1. The largest absolute Gasteiger partial charge is 0.733 e. The number of aryl methyl sites for hydroxylation is 1. The van der Waals surface area contributed by atoms with Crippen molar-refractivity contribution in [1.82, 2.24) is 5.16 Å². The molecule has 0 atom stereocenters. The van der Waals surface area contributed by atoms with Crippen molar-refractivity contribution >= 4 is 5.69 Å². The molecule has 0 saturated heterocycles. The number of ether oxygens (including phenoxy) is 2. The van der Waals surface area contributed by atoms with Gasteiger partial charge in [0.1, 0.15) is 23.9 Å². The average molecular weight is 433 g/mol. The fraction of sp³-hybridized carbons (Fsp3) is 0.125. The second-order valence-corrected chi connectivity index (χ2v) is 7.08. The number of hydrogen-bond donors (Lipinski definition) is 2. The SMILES string of the molecule is COc1ccccc1-c1c(C)noc1-c1ccc(OCc2ccc(N([O-])O)cc2)cc1O. The van der Waals surface area contributed by atoms with E-state index in [1.807, 2.05) is 31.2 Å². The fourth-order valence-corrected chi connectivity index (χ4v) is 3.40. The molecule has 2 N–H and O–H groups in total. The first-order chi connectivity index (χ1) is 15.5. The summed E-state index contributed by atoms with van der Waals surface area (Å²) in [6.07, 6.45) is 0. The third-order valence-corrected chi connectivity index (χ3v) is 5.02. The van der Waals surface area contributed by atoms with Crippen molar-refractivity contribution in [2.75, 3.05) is 12.3 Å². The number of anilines is 1. The van der Waals surface area contributed by atoms with Crippen molar-refractivity contribution in [1.29, 1.82) is 0 Å². The zero-order valence-corrected chi connectivity index (χ0v) is 17.5. The number of aromatic hydroxyl groups is 1. The number of nitrogens with zero attached hydrogens (tertiary/aromatic N) is 2. The minimum atomic E-state index is -0.202. The Labute approximate surface area is 184 Å². The molecule has 164 valence electrons. The summed E-state index contributed by atoms with van der Waals surface area (Å²) in [5.74, 6) is 1.54. The van der Waals surface area contributed by atoms with Gasteiger partial charge in [0.25, 0.3) is 0 Å². The van der Waals surface area contributed by atoms with Gasteiger partial charge in [-0.05, 0) is 42.8 Å². The van der Waals surface area contributed by atoms with Gasteiger partial charge in [0.2, 0.25) is 0 Å². The van der Waals surface area contributed by atoms with Crippen molar-refractivity contribution in [2.45, 2.75) is 13.5 Å². The maximum Gasteiger partial charge on any atom is 0.178 e. The zero-order chi connectivity index (χ0) is 22.7. The van der Waals surface area contributed by atoms with Crippen molar-refractivity contribution in [3.8, 4) is 39.7 Å². The first kappa shape index (κ1) is 21.2. The van der Waals surface area contributed by atoms with E-state index in [9.17, 15) is 10.3 Å². The summed E-state index contributed by atoms with van der Waals surface area (Å²) in [6, 6.07) is 18.8. The summed E-state index contributed by atoms with van der Waals surface area (Å²) in [5, 5.41) is 34.3. The van der Waals surface area contributed by atoms with Gasteiger partial charge in [-0.1, -0.05) is 35.5 Å². The lowest BCUT2D eigenvalue weighted by molar-refractivity contribution is 0.295. The molecule has 0 fully saturated rings. The number of para-hydroxylation sites is 1. The molecule has 0 radical (unpaired) electrons. The molecule has 4 aromatic rings. The molecule has 0 amide bonds. The minimum Gasteiger partial charge on any atom is -0.733 e. The Kier molecular flexibility index (Phi) is 5.98. The van der Waals surface area contributed by atoms with Gasteiger partial charge in [0, 0.05) is 11.6 Å². The molecule has 8 heteroatoms. The third kappa shape index (κ3) is 4.22. The van der Waals surface area contributed by atoms with Crippen molar-refractivity contribution in [2.24, 2.45) is 0 Å². The Hall–Kier alpha value is -4.01. The number of benzene rings is 3. The van der Waals surface area contributed by atoms with Gasteiger partial charge < -0.3 is 29.5 Å². The van der Waals surface area contributed by atoms with E-state index in [-0.39, 0.29) is 23.3 Å². The van der Waals surface area contributed by atoms with E-state index in [0.717, 1.165) is 16.7 Å². The summed E-state index contributed by atoms with van der Waals surface area (Å²) in [7, 11) is 1.60. The Bertz CT molecular complexity index is 1220. The molecule has 8 nitrogen and oxygen atoms in total. The Morgan fingerprint density at radius 1 is 1.03 bits per heavy atom. The topological polar surface area (TPSA) is 111 Å². The molecular formula is C24H21N2O6-. The van der Waals surface area contributed by atoms with Crippen LogP contribution < -0.4 is 14.7 Å². The molecule has 0 unspecified atom stereocenters. The lowest BCUT2D eigenvalue weighted by atomic mass is 9.98. The molecular weight excluding hydrogens is 412 g/mol. The predicted octanol–water partition coefficient (Wildman–Crippen LogP) is 5.30. The first-order valence-corrected chi connectivity index (χ1v) is 9.79.